The van der Waals surface area contributed by atoms with Crippen LogP contribution in [0.3, 0.4) is 0 Å². The molecule has 3 rings (SSSR count). The predicted octanol–water partition coefficient (Wildman–Crippen LogP) is 4.69. The first-order valence-electron chi connectivity index (χ1n) is 11.5. The first-order valence-corrected chi connectivity index (χ1v) is 12.3. The highest BCUT2D eigenvalue weighted by Gasteiger charge is 2.32. The number of carboxylic acid groups (broad SMARTS) is 1. The average molecular weight is 450 g/mol. The molecule has 2 unspecified atom stereocenters. The number of hydrogen-bond acceptors (Lipinski definition) is 5. The second kappa shape index (κ2) is 10.7. The number of aromatic carboxylic acids is 1. The third-order valence-corrected chi connectivity index (χ3v) is 7.68. The molecule has 2 aliphatic carbocycles. The minimum Gasteiger partial charge on any atom is -0.477 e. The molecule has 0 radical (unpaired) electrons. The topological polar surface area (TPSA) is 98.1 Å². The molecule has 0 bridgehead atoms. The maximum absolute atomic E-state index is 13.5. The third-order valence-electron chi connectivity index (χ3n) is 6.49. The Morgan fingerprint density at radius 3 is 2.55 bits per heavy atom. The zero-order valence-electron chi connectivity index (χ0n) is 18.5. The van der Waals surface area contributed by atoms with Crippen LogP contribution in [0.1, 0.15) is 86.2 Å². The number of amides is 1. The van der Waals surface area contributed by atoms with Gasteiger partial charge in [-0.05, 0) is 82.3 Å². The maximum atomic E-state index is 13.5. The molecule has 2 aliphatic rings. The number of carbonyl (C=O) groups excluding carboxylic acids is 1. The molecule has 0 aliphatic heterocycles. The Hall–Kier alpha value is -1.70. The fourth-order valence-corrected chi connectivity index (χ4v) is 5.67. The number of anilines is 1. The fraction of sp³-hybridized carbons (Fsp3) is 0.667. The molecule has 7 heteroatoms. The average Bonchev–Trinajstić information content (AvgIpc) is 3.17. The molecule has 31 heavy (non-hydrogen) atoms. The van der Waals surface area contributed by atoms with E-state index in [1.807, 2.05) is 12.1 Å². The van der Waals surface area contributed by atoms with E-state index in [1.165, 1.54) is 11.3 Å². The Kier molecular flexibility index (Phi) is 8.30. The van der Waals surface area contributed by atoms with E-state index < -0.39 is 18.2 Å². The van der Waals surface area contributed by atoms with Crippen LogP contribution in [0.2, 0.25) is 0 Å². The predicted molar refractivity (Wildman–Crippen MR) is 124 cm³/mol. The SMILES string of the molecule is CC(O)CCCN(C(=O)C1CCC(C)CC1)c1cc(C2=CC(O)CCC2)sc1C(=O)O. The highest BCUT2D eigenvalue weighted by atomic mass is 32.1. The highest BCUT2D eigenvalue weighted by Crippen LogP contribution is 2.39. The molecular formula is C24H35NO5S. The first-order chi connectivity index (χ1) is 14.8. The van der Waals surface area contributed by atoms with Gasteiger partial charge in [0.05, 0.1) is 17.9 Å². The Balaban J connectivity index is 1.92. The van der Waals surface area contributed by atoms with Crippen molar-refractivity contribution in [1.29, 1.82) is 0 Å². The normalized spacial score (nSPS) is 25.0. The summed E-state index contributed by atoms with van der Waals surface area (Å²) in [5.74, 6) is -0.487. The molecule has 172 valence electrons. The van der Waals surface area contributed by atoms with E-state index in [-0.39, 0.29) is 16.7 Å². The summed E-state index contributed by atoms with van der Waals surface area (Å²) in [6.45, 7) is 4.33. The summed E-state index contributed by atoms with van der Waals surface area (Å²) in [6.07, 6.45) is 8.10. The molecule has 0 aromatic carbocycles. The molecule has 3 N–H and O–H groups in total. The number of allylic oxidation sites excluding steroid dienone is 1. The lowest BCUT2D eigenvalue weighted by Gasteiger charge is -2.31. The van der Waals surface area contributed by atoms with Gasteiger partial charge in [0.25, 0.3) is 0 Å². The standard InChI is InChI=1S/C24H35NO5S/c1-15-8-10-17(11-9-15)23(28)25(12-4-5-16(2)26)20-14-21(31-22(20)24(29)30)18-6-3-7-19(27)13-18/h13-17,19,26-27H,3-12H2,1-2H3,(H,29,30). The van der Waals surface area contributed by atoms with Crippen LogP contribution in [-0.4, -0.2) is 45.9 Å². The number of nitrogens with zero attached hydrogens (tertiary/aromatic N) is 1. The van der Waals surface area contributed by atoms with Crippen LogP contribution in [0.5, 0.6) is 0 Å². The van der Waals surface area contributed by atoms with Crippen molar-refractivity contribution in [2.45, 2.75) is 83.8 Å². The fourth-order valence-electron chi connectivity index (χ4n) is 4.62. The van der Waals surface area contributed by atoms with Crippen LogP contribution in [0.4, 0.5) is 5.69 Å². The molecule has 1 saturated carbocycles. The molecule has 6 nitrogen and oxygen atoms in total. The molecule has 2 atom stereocenters. The van der Waals surface area contributed by atoms with Gasteiger partial charge in [-0.25, -0.2) is 4.79 Å². The molecule has 1 amide bonds. The zero-order chi connectivity index (χ0) is 22.5. The van der Waals surface area contributed by atoms with Crippen LogP contribution in [0.25, 0.3) is 5.57 Å². The second-order valence-corrected chi connectivity index (χ2v) is 10.3. The number of aliphatic hydroxyl groups excluding tert-OH is 2. The van der Waals surface area contributed by atoms with Crippen molar-refractivity contribution in [3.05, 3.63) is 21.9 Å². The van der Waals surface area contributed by atoms with Gasteiger partial charge in [-0.15, -0.1) is 11.3 Å². The lowest BCUT2D eigenvalue weighted by Crippen LogP contribution is -2.39. The van der Waals surface area contributed by atoms with Gasteiger partial charge in [-0.3, -0.25) is 4.79 Å². The van der Waals surface area contributed by atoms with Gasteiger partial charge in [0.15, 0.2) is 0 Å². The van der Waals surface area contributed by atoms with Crippen molar-refractivity contribution in [2.24, 2.45) is 11.8 Å². The lowest BCUT2D eigenvalue weighted by molar-refractivity contribution is -0.123. The van der Waals surface area contributed by atoms with Crippen LogP contribution < -0.4 is 4.90 Å². The number of carboxylic acids is 1. The number of aliphatic hydroxyl groups is 2. The Bertz CT molecular complexity index is 807. The summed E-state index contributed by atoms with van der Waals surface area (Å²) in [6, 6.07) is 1.82. The summed E-state index contributed by atoms with van der Waals surface area (Å²) in [4.78, 5) is 28.2. The lowest BCUT2D eigenvalue weighted by atomic mass is 9.82. The van der Waals surface area contributed by atoms with Crippen molar-refractivity contribution in [2.75, 3.05) is 11.4 Å². The van der Waals surface area contributed by atoms with E-state index >= 15 is 0 Å². The number of rotatable bonds is 8. The molecular weight excluding hydrogens is 414 g/mol. The molecule has 1 aromatic rings. The van der Waals surface area contributed by atoms with Crippen LogP contribution in [-0.2, 0) is 4.79 Å². The minimum absolute atomic E-state index is 0.00185. The summed E-state index contributed by atoms with van der Waals surface area (Å²) >= 11 is 1.19. The van der Waals surface area contributed by atoms with E-state index in [2.05, 4.69) is 6.92 Å². The molecule has 1 heterocycles. The first kappa shape index (κ1) is 24.0. The molecule has 0 spiro atoms. The Morgan fingerprint density at radius 2 is 1.94 bits per heavy atom. The van der Waals surface area contributed by atoms with Crippen molar-refractivity contribution in [1.82, 2.24) is 0 Å². The van der Waals surface area contributed by atoms with Crippen LogP contribution >= 0.6 is 11.3 Å². The van der Waals surface area contributed by atoms with Crippen molar-refractivity contribution in [3.8, 4) is 0 Å². The highest BCUT2D eigenvalue weighted by molar-refractivity contribution is 7.15. The quantitative estimate of drug-likeness (QED) is 0.535. The molecule has 1 fully saturated rings. The summed E-state index contributed by atoms with van der Waals surface area (Å²) in [5.41, 5.74) is 1.42. The summed E-state index contributed by atoms with van der Waals surface area (Å²) in [5, 5.41) is 29.6. The van der Waals surface area contributed by atoms with E-state index in [0.29, 0.717) is 31.0 Å². The van der Waals surface area contributed by atoms with Crippen molar-refractivity contribution in [3.63, 3.8) is 0 Å². The minimum atomic E-state index is -1.03. The van der Waals surface area contributed by atoms with Gasteiger partial charge >= 0.3 is 5.97 Å². The van der Waals surface area contributed by atoms with Crippen molar-refractivity contribution < 1.29 is 24.9 Å². The van der Waals surface area contributed by atoms with Crippen LogP contribution in [0.15, 0.2) is 12.1 Å². The summed E-state index contributed by atoms with van der Waals surface area (Å²) in [7, 11) is 0. The Morgan fingerprint density at radius 1 is 1.23 bits per heavy atom. The zero-order valence-corrected chi connectivity index (χ0v) is 19.4. The van der Waals surface area contributed by atoms with Gasteiger partial charge in [-0.1, -0.05) is 13.0 Å². The van der Waals surface area contributed by atoms with Gasteiger partial charge in [-0.2, -0.15) is 0 Å². The number of carbonyl (C=O) groups is 2. The smallest absolute Gasteiger partial charge is 0.348 e. The second-order valence-electron chi connectivity index (χ2n) is 9.22. The largest absolute Gasteiger partial charge is 0.477 e. The maximum Gasteiger partial charge on any atom is 0.348 e. The van der Waals surface area contributed by atoms with E-state index in [1.54, 1.807) is 11.8 Å². The molecule has 0 saturated heterocycles. The Labute approximate surface area is 188 Å². The monoisotopic (exact) mass is 449 g/mol. The van der Waals surface area contributed by atoms with Gasteiger partial charge in [0.2, 0.25) is 5.91 Å². The van der Waals surface area contributed by atoms with E-state index in [0.717, 1.165) is 55.4 Å². The summed E-state index contributed by atoms with van der Waals surface area (Å²) < 4.78 is 0. The van der Waals surface area contributed by atoms with Gasteiger partial charge < -0.3 is 20.2 Å². The van der Waals surface area contributed by atoms with Gasteiger partial charge in [0, 0.05) is 17.3 Å². The van der Waals surface area contributed by atoms with E-state index in [4.69, 9.17) is 0 Å². The van der Waals surface area contributed by atoms with Crippen LogP contribution in [0, 0.1) is 11.8 Å². The van der Waals surface area contributed by atoms with Gasteiger partial charge in [0.1, 0.15) is 4.88 Å². The van der Waals surface area contributed by atoms with E-state index in [9.17, 15) is 24.9 Å². The number of hydrogen-bond donors (Lipinski definition) is 3. The van der Waals surface area contributed by atoms with Crippen molar-refractivity contribution >= 4 is 34.5 Å². The number of thiophene rings is 1. The third kappa shape index (κ3) is 6.18. The molecule has 1 aromatic heterocycles.